The van der Waals surface area contributed by atoms with E-state index in [1.165, 1.54) is 0 Å². The molecule has 106 valence electrons. The van der Waals surface area contributed by atoms with Crippen LogP contribution in [0, 0.1) is 25.0 Å². The van der Waals surface area contributed by atoms with Gasteiger partial charge in [-0.3, -0.25) is 0 Å². The Labute approximate surface area is 123 Å². The highest BCUT2D eigenvalue weighted by Gasteiger charge is 2.25. The Balaban J connectivity index is 1.99. The summed E-state index contributed by atoms with van der Waals surface area (Å²) in [6.45, 7) is 6.18. The number of hydrogen-bond donors (Lipinski definition) is 0. The fraction of sp³-hybridized carbons (Fsp3) is 0.600. The van der Waals surface area contributed by atoms with Crippen molar-refractivity contribution in [3.05, 3.63) is 32.9 Å². The number of benzene rings is 1. The molecule has 1 aliphatic heterocycles. The lowest BCUT2D eigenvalue weighted by Crippen LogP contribution is -2.47. The van der Waals surface area contributed by atoms with Gasteiger partial charge < -0.3 is 14.6 Å². The monoisotopic (exact) mass is 327 g/mol. The predicted octanol–water partition coefficient (Wildman–Crippen LogP) is 3.80. The Morgan fingerprint density at radius 3 is 2.58 bits per heavy atom. The highest BCUT2D eigenvalue weighted by atomic mass is 79.9. The zero-order chi connectivity index (χ0) is 14.0. The number of ether oxygens (including phenoxy) is 1. The second kappa shape index (κ2) is 5.81. The molecule has 2 unspecified atom stereocenters. The Morgan fingerprint density at radius 2 is 2.00 bits per heavy atom. The summed E-state index contributed by atoms with van der Waals surface area (Å²) in [5.41, 5.74) is 2.28. The van der Waals surface area contributed by atoms with E-state index in [4.69, 9.17) is 4.74 Å². The van der Waals surface area contributed by atoms with Crippen LogP contribution in [0.1, 0.15) is 24.0 Å². The SMILES string of the molecule is Cc1cc(Br)cc(C)c1OCC1CCC[N+](C)([O-])C1. The molecule has 4 heteroatoms. The first-order valence-electron chi connectivity index (χ1n) is 6.82. The highest BCUT2D eigenvalue weighted by Crippen LogP contribution is 2.29. The van der Waals surface area contributed by atoms with Crippen LogP contribution in [0.25, 0.3) is 0 Å². The molecule has 0 saturated carbocycles. The zero-order valence-corrected chi connectivity index (χ0v) is 13.5. The molecule has 3 nitrogen and oxygen atoms in total. The molecular formula is C15H22BrNO2. The summed E-state index contributed by atoms with van der Waals surface area (Å²) in [4.78, 5) is 0. The number of hydroxylamine groups is 3. The lowest BCUT2D eigenvalue weighted by molar-refractivity contribution is -0.869. The van der Waals surface area contributed by atoms with Crippen molar-refractivity contribution >= 4 is 15.9 Å². The van der Waals surface area contributed by atoms with E-state index in [2.05, 4.69) is 41.9 Å². The number of rotatable bonds is 3. The molecule has 0 radical (unpaired) electrons. The van der Waals surface area contributed by atoms with Crippen molar-refractivity contribution in [1.29, 1.82) is 0 Å². The third kappa shape index (κ3) is 3.94. The van der Waals surface area contributed by atoms with E-state index in [0.717, 1.165) is 40.7 Å². The van der Waals surface area contributed by atoms with E-state index >= 15 is 0 Å². The van der Waals surface area contributed by atoms with Crippen LogP contribution in [0.3, 0.4) is 0 Å². The van der Waals surface area contributed by atoms with Gasteiger partial charge in [-0.2, -0.15) is 0 Å². The second-order valence-corrected chi connectivity index (χ2v) is 6.81. The molecule has 2 rings (SSSR count). The Hall–Kier alpha value is -0.580. The second-order valence-electron chi connectivity index (χ2n) is 5.89. The van der Waals surface area contributed by atoms with Crippen molar-refractivity contribution in [3.8, 4) is 5.75 Å². The minimum absolute atomic E-state index is 0.119. The number of nitrogens with zero attached hydrogens (tertiary/aromatic N) is 1. The summed E-state index contributed by atoms with van der Waals surface area (Å²) in [7, 11) is 1.77. The van der Waals surface area contributed by atoms with Gasteiger partial charge in [-0.15, -0.1) is 0 Å². The van der Waals surface area contributed by atoms with Crippen molar-refractivity contribution < 1.29 is 9.38 Å². The molecule has 2 atom stereocenters. The van der Waals surface area contributed by atoms with Gasteiger partial charge in [0.1, 0.15) is 5.75 Å². The molecule has 1 saturated heterocycles. The van der Waals surface area contributed by atoms with E-state index in [-0.39, 0.29) is 4.65 Å². The fourth-order valence-electron chi connectivity index (χ4n) is 2.91. The molecule has 0 spiro atoms. The van der Waals surface area contributed by atoms with Gasteiger partial charge in [0.25, 0.3) is 0 Å². The van der Waals surface area contributed by atoms with E-state index in [9.17, 15) is 5.21 Å². The first-order valence-corrected chi connectivity index (χ1v) is 7.62. The summed E-state index contributed by atoms with van der Waals surface area (Å²) in [6, 6.07) is 4.13. The van der Waals surface area contributed by atoms with Crippen LogP contribution in [-0.2, 0) is 0 Å². The van der Waals surface area contributed by atoms with E-state index in [1.54, 1.807) is 7.05 Å². The summed E-state index contributed by atoms with van der Waals surface area (Å²) in [5.74, 6) is 1.34. The number of piperidine rings is 1. The van der Waals surface area contributed by atoms with Crippen LogP contribution in [0.4, 0.5) is 0 Å². The molecule has 0 amide bonds. The lowest BCUT2D eigenvalue weighted by atomic mass is 9.99. The lowest BCUT2D eigenvalue weighted by Gasteiger charge is -2.44. The normalized spacial score (nSPS) is 27.3. The van der Waals surface area contributed by atoms with Crippen LogP contribution in [-0.4, -0.2) is 31.4 Å². The quantitative estimate of drug-likeness (QED) is 0.624. The number of hydrogen-bond acceptors (Lipinski definition) is 2. The molecule has 1 aliphatic rings. The van der Waals surface area contributed by atoms with Gasteiger partial charge in [-0.25, -0.2) is 0 Å². The average Bonchev–Trinajstić information content (AvgIpc) is 2.26. The fourth-order valence-corrected chi connectivity index (χ4v) is 3.59. The van der Waals surface area contributed by atoms with Gasteiger partial charge in [0.05, 0.1) is 26.7 Å². The van der Waals surface area contributed by atoms with Gasteiger partial charge in [-0.1, -0.05) is 15.9 Å². The molecule has 1 heterocycles. The van der Waals surface area contributed by atoms with Gasteiger partial charge >= 0.3 is 0 Å². The first kappa shape index (κ1) is 14.8. The average molecular weight is 328 g/mol. The Bertz CT molecular complexity index is 436. The van der Waals surface area contributed by atoms with Gasteiger partial charge in [-0.05, 0) is 49.9 Å². The van der Waals surface area contributed by atoms with Crippen LogP contribution in [0.5, 0.6) is 5.75 Å². The van der Waals surface area contributed by atoms with Crippen LogP contribution >= 0.6 is 15.9 Å². The number of halogens is 1. The van der Waals surface area contributed by atoms with Crippen LogP contribution in [0.2, 0.25) is 0 Å². The molecule has 0 bridgehead atoms. The summed E-state index contributed by atoms with van der Waals surface area (Å²) in [6.07, 6.45) is 2.11. The minimum atomic E-state index is -0.119. The van der Waals surface area contributed by atoms with E-state index in [1.807, 2.05) is 0 Å². The first-order chi connectivity index (χ1) is 8.87. The van der Waals surface area contributed by atoms with Gasteiger partial charge in [0, 0.05) is 10.4 Å². The molecule has 0 N–H and O–H groups in total. The molecular weight excluding hydrogens is 306 g/mol. The summed E-state index contributed by atoms with van der Waals surface area (Å²) >= 11 is 3.49. The molecule has 19 heavy (non-hydrogen) atoms. The van der Waals surface area contributed by atoms with Crippen LogP contribution in [0.15, 0.2) is 16.6 Å². The number of likely N-dealkylation sites (tertiary alicyclic amines) is 1. The summed E-state index contributed by atoms with van der Waals surface area (Å²) < 4.78 is 6.95. The number of aryl methyl sites for hydroxylation is 2. The largest absolute Gasteiger partial charge is 0.633 e. The van der Waals surface area contributed by atoms with Crippen molar-refractivity contribution in [2.75, 3.05) is 26.7 Å². The zero-order valence-electron chi connectivity index (χ0n) is 11.9. The van der Waals surface area contributed by atoms with Crippen LogP contribution < -0.4 is 4.74 Å². The van der Waals surface area contributed by atoms with E-state index in [0.29, 0.717) is 19.1 Å². The maximum Gasteiger partial charge on any atom is 0.125 e. The predicted molar refractivity (Wildman–Crippen MR) is 81.1 cm³/mol. The Morgan fingerprint density at radius 1 is 1.37 bits per heavy atom. The summed E-state index contributed by atoms with van der Waals surface area (Å²) in [5, 5.41) is 12.0. The van der Waals surface area contributed by atoms with Gasteiger partial charge in [0.15, 0.2) is 0 Å². The molecule has 0 aromatic heterocycles. The van der Waals surface area contributed by atoms with Crippen molar-refractivity contribution in [2.24, 2.45) is 5.92 Å². The molecule has 1 aromatic rings. The number of quaternary nitrogens is 1. The van der Waals surface area contributed by atoms with Crippen molar-refractivity contribution in [3.63, 3.8) is 0 Å². The maximum atomic E-state index is 12.0. The third-order valence-electron chi connectivity index (χ3n) is 3.78. The third-order valence-corrected chi connectivity index (χ3v) is 4.23. The maximum absolute atomic E-state index is 12.0. The topological polar surface area (TPSA) is 32.3 Å². The molecule has 0 aliphatic carbocycles. The van der Waals surface area contributed by atoms with E-state index < -0.39 is 0 Å². The smallest absolute Gasteiger partial charge is 0.125 e. The van der Waals surface area contributed by atoms with Gasteiger partial charge in [0.2, 0.25) is 0 Å². The molecule has 1 fully saturated rings. The highest BCUT2D eigenvalue weighted by molar-refractivity contribution is 9.10. The standard InChI is InChI=1S/C15H22BrNO2/c1-11-7-14(16)8-12(2)15(11)19-10-13-5-4-6-17(3,18)9-13/h7-8,13H,4-6,9-10H2,1-3H3. The Kier molecular flexibility index (Phi) is 4.54. The minimum Gasteiger partial charge on any atom is -0.633 e. The molecule has 1 aromatic carbocycles. The van der Waals surface area contributed by atoms with Crippen molar-refractivity contribution in [1.82, 2.24) is 0 Å². The van der Waals surface area contributed by atoms with Crippen molar-refractivity contribution in [2.45, 2.75) is 26.7 Å².